The summed E-state index contributed by atoms with van der Waals surface area (Å²) in [5, 5.41) is 0.660. The van der Waals surface area contributed by atoms with Gasteiger partial charge in [-0.3, -0.25) is 9.59 Å². The lowest BCUT2D eigenvalue weighted by Gasteiger charge is -2.37. The van der Waals surface area contributed by atoms with Crippen LogP contribution in [0.25, 0.3) is 0 Å². The highest BCUT2D eigenvalue weighted by Crippen LogP contribution is 2.13. The third-order valence-corrected chi connectivity index (χ3v) is 3.99. The SMILES string of the molecule is CC(C)(N)C(=O)N1CCN(C(=O)Cc2ccc(Cl)cc2)CC1. The lowest BCUT2D eigenvalue weighted by Crippen LogP contribution is -2.57. The van der Waals surface area contributed by atoms with E-state index in [-0.39, 0.29) is 11.8 Å². The molecule has 1 aliphatic rings. The van der Waals surface area contributed by atoms with Gasteiger partial charge in [0.2, 0.25) is 11.8 Å². The number of halogens is 1. The second kappa shape index (κ2) is 6.67. The maximum atomic E-state index is 12.3. The fourth-order valence-corrected chi connectivity index (χ4v) is 2.58. The Bertz CT molecular complexity index is 544. The molecule has 120 valence electrons. The third-order valence-electron chi connectivity index (χ3n) is 3.74. The molecule has 0 unspecified atom stereocenters. The molecular formula is C16H22ClN3O2. The zero-order valence-corrected chi connectivity index (χ0v) is 13.8. The van der Waals surface area contributed by atoms with E-state index in [4.69, 9.17) is 17.3 Å². The van der Waals surface area contributed by atoms with Gasteiger partial charge in [-0.05, 0) is 31.5 Å². The Balaban J connectivity index is 1.87. The fraction of sp³-hybridized carbons (Fsp3) is 0.500. The highest BCUT2D eigenvalue weighted by Gasteiger charge is 2.31. The first-order valence-electron chi connectivity index (χ1n) is 7.38. The normalized spacial score (nSPS) is 15.8. The van der Waals surface area contributed by atoms with Crippen LogP contribution in [0.15, 0.2) is 24.3 Å². The monoisotopic (exact) mass is 323 g/mol. The molecule has 22 heavy (non-hydrogen) atoms. The van der Waals surface area contributed by atoms with Crippen LogP contribution in [0.1, 0.15) is 19.4 Å². The minimum absolute atomic E-state index is 0.0708. The average molecular weight is 324 g/mol. The number of nitrogens with zero attached hydrogens (tertiary/aromatic N) is 2. The molecular weight excluding hydrogens is 302 g/mol. The van der Waals surface area contributed by atoms with E-state index in [9.17, 15) is 9.59 Å². The van der Waals surface area contributed by atoms with E-state index in [1.807, 2.05) is 12.1 Å². The molecule has 2 amide bonds. The van der Waals surface area contributed by atoms with Crippen molar-refractivity contribution in [2.45, 2.75) is 25.8 Å². The highest BCUT2D eigenvalue weighted by molar-refractivity contribution is 6.30. The molecule has 1 aromatic carbocycles. The van der Waals surface area contributed by atoms with E-state index in [0.717, 1.165) is 5.56 Å². The maximum absolute atomic E-state index is 12.3. The van der Waals surface area contributed by atoms with Crippen molar-refractivity contribution in [1.82, 2.24) is 9.80 Å². The Kier molecular flexibility index (Phi) is 5.08. The van der Waals surface area contributed by atoms with E-state index < -0.39 is 5.54 Å². The van der Waals surface area contributed by atoms with Crippen LogP contribution in [-0.2, 0) is 16.0 Å². The number of carbonyl (C=O) groups excluding carboxylic acids is 2. The minimum atomic E-state index is -0.866. The quantitative estimate of drug-likeness (QED) is 0.911. The molecule has 1 aromatic rings. The Morgan fingerprint density at radius 3 is 2.09 bits per heavy atom. The summed E-state index contributed by atoms with van der Waals surface area (Å²) in [6.45, 7) is 5.57. The summed E-state index contributed by atoms with van der Waals surface area (Å²) in [4.78, 5) is 27.9. The zero-order valence-electron chi connectivity index (χ0n) is 13.0. The number of benzene rings is 1. The van der Waals surface area contributed by atoms with Crippen molar-refractivity contribution in [2.24, 2.45) is 5.73 Å². The summed E-state index contributed by atoms with van der Waals surface area (Å²) in [6.07, 6.45) is 0.355. The Hall–Kier alpha value is -1.59. The van der Waals surface area contributed by atoms with Crippen molar-refractivity contribution >= 4 is 23.4 Å². The van der Waals surface area contributed by atoms with Gasteiger partial charge in [0.1, 0.15) is 0 Å². The number of hydrogen-bond donors (Lipinski definition) is 1. The Morgan fingerprint density at radius 1 is 1.09 bits per heavy atom. The smallest absolute Gasteiger partial charge is 0.242 e. The lowest BCUT2D eigenvalue weighted by atomic mass is 10.0. The van der Waals surface area contributed by atoms with Crippen LogP contribution in [0, 0.1) is 0 Å². The number of amides is 2. The molecule has 2 rings (SSSR count). The summed E-state index contributed by atoms with van der Waals surface area (Å²) in [6, 6.07) is 7.28. The van der Waals surface area contributed by atoms with Crippen molar-refractivity contribution in [3.63, 3.8) is 0 Å². The van der Waals surface area contributed by atoms with Crippen molar-refractivity contribution in [3.8, 4) is 0 Å². The van der Waals surface area contributed by atoms with E-state index in [1.165, 1.54) is 0 Å². The first-order valence-corrected chi connectivity index (χ1v) is 7.75. The summed E-state index contributed by atoms with van der Waals surface area (Å²) < 4.78 is 0. The molecule has 1 heterocycles. The van der Waals surface area contributed by atoms with Crippen LogP contribution in [-0.4, -0.2) is 53.3 Å². The van der Waals surface area contributed by atoms with E-state index in [0.29, 0.717) is 37.6 Å². The lowest BCUT2D eigenvalue weighted by molar-refractivity contribution is -0.142. The van der Waals surface area contributed by atoms with Gasteiger partial charge >= 0.3 is 0 Å². The van der Waals surface area contributed by atoms with Crippen LogP contribution in [0.4, 0.5) is 0 Å². The van der Waals surface area contributed by atoms with Crippen LogP contribution in [0.2, 0.25) is 5.02 Å². The van der Waals surface area contributed by atoms with Crippen molar-refractivity contribution in [2.75, 3.05) is 26.2 Å². The van der Waals surface area contributed by atoms with Crippen LogP contribution >= 0.6 is 11.6 Å². The molecule has 0 aliphatic carbocycles. The maximum Gasteiger partial charge on any atom is 0.242 e. The van der Waals surface area contributed by atoms with Gasteiger partial charge in [0, 0.05) is 31.2 Å². The number of nitrogens with two attached hydrogens (primary N) is 1. The third kappa shape index (κ3) is 4.21. The fourth-order valence-electron chi connectivity index (χ4n) is 2.46. The molecule has 0 bridgehead atoms. The highest BCUT2D eigenvalue weighted by atomic mass is 35.5. The molecule has 5 nitrogen and oxygen atoms in total. The topological polar surface area (TPSA) is 66.6 Å². The second-order valence-corrected chi connectivity index (χ2v) is 6.63. The number of rotatable bonds is 3. The van der Waals surface area contributed by atoms with Crippen molar-refractivity contribution in [1.29, 1.82) is 0 Å². The Morgan fingerprint density at radius 2 is 1.59 bits per heavy atom. The number of carbonyl (C=O) groups is 2. The van der Waals surface area contributed by atoms with Crippen LogP contribution in [0.5, 0.6) is 0 Å². The predicted molar refractivity (Wildman–Crippen MR) is 86.6 cm³/mol. The molecule has 0 spiro atoms. The van der Waals surface area contributed by atoms with Gasteiger partial charge in [0.05, 0.1) is 12.0 Å². The summed E-state index contributed by atoms with van der Waals surface area (Å²) in [5.74, 6) is -0.00118. The van der Waals surface area contributed by atoms with Gasteiger partial charge in [-0.2, -0.15) is 0 Å². The average Bonchev–Trinajstić information content (AvgIpc) is 2.48. The van der Waals surface area contributed by atoms with E-state index >= 15 is 0 Å². The largest absolute Gasteiger partial charge is 0.339 e. The van der Waals surface area contributed by atoms with Gasteiger partial charge in [-0.15, -0.1) is 0 Å². The van der Waals surface area contributed by atoms with Gasteiger partial charge in [0.25, 0.3) is 0 Å². The summed E-state index contributed by atoms with van der Waals surface area (Å²) >= 11 is 5.84. The van der Waals surface area contributed by atoms with Gasteiger partial charge in [-0.1, -0.05) is 23.7 Å². The molecule has 1 fully saturated rings. The van der Waals surface area contributed by atoms with E-state index in [2.05, 4.69) is 0 Å². The second-order valence-electron chi connectivity index (χ2n) is 6.20. The Labute approximate surface area is 136 Å². The van der Waals surface area contributed by atoms with Crippen molar-refractivity contribution in [3.05, 3.63) is 34.9 Å². The molecule has 6 heteroatoms. The molecule has 0 saturated carbocycles. The molecule has 0 atom stereocenters. The molecule has 0 aromatic heterocycles. The van der Waals surface area contributed by atoms with Gasteiger partial charge in [0.15, 0.2) is 0 Å². The number of piperazine rings is 1. The molecule has 1 saturated heterocycles. The predicted octanol–water partition coefficient (Wildman–Crippen LogP) is 1.29. The minimum Gasteiger partial charge on any atom is -0.339 e. The molecule has 0 radical (unpaired) electrons. The molecule has 2 N–H and O–H groups in total. The number of hydrogen-bond acceptors (Lipinski definition) is 3. The van der Waals surface area contributed by atoms with E-state index in [1.54, 1.807) is 35.8 Å². The summed E-state index contributed by atoms with van der Waals surface area (Å²) in [7, 11) is 0. The van der Waals surface area contributed by atoms with Crippen molar-refractivity contribution < 1.29 is 9.59 Å². The first kappa shape index (κ1) is 16.8. The molecule has 1 aliphatic heterocycles. The standard InChI is InChI=1S/C16H22ClN3O2/c1-16(2,18)15(22)20-9-7-19(8-10-20)14(21)11-12-3-5-13(17)6-4-12/h3-6H,7-11,18H2,1-2H3. The van der Waals surface area contributed by atoms with Gasteiger partial charge in [-0.25, -0.2) is 0 Å². The zero-order chi connectivity index (χ0) is 16.3. The van der Waals surface area contributed by atoms with Crippen LogP contribution < -0.4 is 5.73 Å². The van der Waals surface area contributed by atoms with Gasteiger partial charge < -0.3 is 15.5 Å². The first-order chi connectivity index (χ1) is 10.3. The summed E-state index contributed by atoms with van der Waals surface area (Å²) in [5.41, 5.74) is 5.91. The van der Waals surface area contributed by atoms with Crippen LogP contribution in [0.3, 0.4) is 0 Å².